The summed E-state index contributed by atoms with van der Waals surface area (Å²) in [5.41, 5.74) is 25.3. The summed E-state index contributed by atoms with van der Waals surface area (Å²) in [5, 5.41) is 2.23. The number of benzene rings is 10. The average molecular weight is 1050 g/mol. The van der Waals surface area contributed by atoms with Gasteiger partial charge in [0.1, 0.15) is 11.2 Å². The van der Waals surface area contributed by atoms with Gasteiger partial charge in [0, 0.05) is 61.7 Å². The SMILES string of the molecule is CC(C)(C)c1ccc(N2B3c4c(cc(-c5ccccc5)cc4N(c4ccc(C(C)(C)C)cc4-c4ccccc4)c4ccc5oc6ccccc6c5c43)-c3ccc(N(c4ccc(C(C)(C)C)cc4)c4ccc(C(C)(C)C)cc4)cc32)cc1. The van der Waals surface area contributed by atoms with Crippen LogP contribution in [-0.2, 0) is 21.7 Å². The molecule has 0 unspecified atom stereocenters. The molecule has 2 aliphatic rings. The van der Waals surface area contributed by atoms with Crippen LogP contribution in [0.25, 0.3) is 55.3 Å². The lowest BCUT2D eigenvalue weighted by atomic mass is 9.42. The van der Waals surface area contributed by atoms with E-state index in [2.05, 4.69) is 316 Å². The maximum Gasteiger partial charge on any atom is 0.333 e. The molecule has 0 atom stereocenters. The molecular formula is C76H72BN3O. The molecule has 81 heavy (non-hydrogen) atoms. The van der Waals surface area contributed by atoms with E-state index in [1.54, 1.807) is 0 Å². The van der Waals surface area contributed by atoms with Crippen molar-refractivity contribution in [2.24, 2.45) is 0 Å². The Morgan fingerprint density at radius 1 is 0.346 bits per heavy atom. The van der Waals surface area contributed by atoms with Gasteiger partial charge in [-0.1, -0.05) is 210 Å². The monoisotopic (exact) mass is 1050 g/mol. The fourth-order valence-corrected chi connectivity index (χ4v) is 12.6. The van der Waals surface area contributed by atoms with Crippen molar-refractivity contribution in [3.05, 3.63) is 241 Å². The van der Waals surface area contributed by atoms with Gasteiger partial charge >= 0.3 is 6.85 Å². The highest BCUT2D eigenvalue weighted by atomic mass is 16.3. The van der Waals surface area contributed by atoms with Gasteiger partial charge in [0.15, 0.2) is 0 Å². The summed E-state index contributed by atoms with van der Waals surface area (Å²) in [6.07, 6.45) is 0. The molecule has 3 heterocycles. The maximum absolute atomic E-state index is 6.94. The molecule has 0 radical (unpaired) electrons. The van der Waals surface area contributed by atoms with Crippen molar-refractivity contribution in [3.8, 4) is 33.4 Å². The van der Waals surface area contributed by atoms with Crippen molar-refractivity contribution < 1.29 is 4.42 Å². The summed E-state index contributed by atoms with van der Waals surface area (Å²) < 4.78 is 6.94. The molecule has 0 spiro atoms. The van der Waals surface area contributed by atoms with E-state index < -0.39 is 0 Å². The third-order valence-corrected chi connectivity index (χ3v) is 17.1. The average Bonchev–Trinajstić information content (AvgIpc) is 4.09. The maximum atomic E-state index is 6.94. The Labute approximate surface area is 480 Å². The number of nitrogens with zero attached hydrogens (tertiary/aromatic N) is 3. The van der Waals surface area contributed by atoms with Crippen LogP contribution in [0.4, 0.5) is 45.5 Å². The van der Waals surface area contributed by atoms with Gasteiger partial charge < -0.3 is 19.0 Å². The highest BCUT2D eigenvalue weighted by molar-refractivity contribution is 6.95. The molecule has 4 nitrogen and oxygen atoms in total. The van der Waals surface area contributed by atoms with E-state index in [1.165, 1.54) is 61.0 Å². The number of rotatable bonds is 7. The van der Waals surface area contributed by atoms with Crippen LogP contribution in [0.2, 0.25) is 0 Å². The minimum absolute atomic E-state index is 0.00795. The summed E-state index contributed by atoms with van der Waals surface area (Å²) in [6.45, 7) is 27.3. The van der Waals surface area contributed by atoms with Gasteiger partial charge in [0.2, 0.25) is 0 Å². The van der Waals surface area contributed by atoms with Crippen LogP contribution in [0.3, 0.4) is 0 Å². The van der Waals surface area contributed by atoms with E-state index in [0.29, 0.717) is 0 Å². The molecule has 0 saturated heterocycles. The zero-order chi connectivity index (χ0) is 56.3. The highest BCUT2D eigenvalue weighted by Gasteiger charge is 2.47. The first-order chi connectivity index (χ1) is 38.7. The van der Waals surface area contributed by atoms with Gasteiger partial charge in [-0.2, -0.15) is 0 Å². The molecular weight excluding hydrogens is 982 g/mol. The van der Waals surface area contributed by atoms with Crippen molar-refractivity contribution in [2.75, 3.05) is 14.6 Å². The molecule has 5 heteroatoms. The zero-order valence-corrected chi connectivity index (χ0v) is 49.1. The summed E-state index contributed by atoms with van der Waals surface area (Å²) in [6, 6.07) is 82.3. The lowest BCUT2D eigenvalue weighted by Gasteiger charge is -2.47. The summed E-state index contributed by atoms with van der Waals surface area (Å²) in [7, 11) is 0. The van der Waals surface area contributed by atoms with Crippen molar-refractivity contribution >= 4 is 85.2 Å². The fraction of sp³-hybridized carbons (Fsp3) is 0.211. The first-order valence-corrected chi connectivity index (χ1v) is 28.9. The second-order valence-corrected chi connectivity index (χ2v) is 26.7. The van der Waals surface area contributed by atoms with Crippen molar-refractivity contribution in [1.29, 1.82) is 0 Å². The first kappa shape index (κ1) is 51.9. The van der Waals surface area contributed by atoms with Gasteiger partial charge in [-0.15, -0.1) is 0 Å². The third kappa shape index (κ3) is 9.03. The molecule has 0 amide bonds. The number of hydrogen-bond donors (Lipinski definition) is 0. The Balaban J connectivity index is 1.16. The summed E-state index contributed by atoms with van der Waals surface area (Å²) in [4.78, 5) is 7.71. The summed E-state index contributed by atoms with van der Waals surface area (Å²) >= 11 is 0. The van der Waals surface area contributed by atoms with E-state index in [4.69, 9.17) is 4.42 Å². The van der Waals surface area contributed by atoms with E-state index >= 15 is 0 Å². The van der Waals surface area contributed by atoms with Gasteiger partial charge in [-0.3, -0.25) is 0 Å². The predicted octanol–water partition coefficient (Wildman–Crippen LogP) is 20.3. The number of furan rings is 1. The van der Waals surface area contributed by atoms with Gasteiger partial charge in [0.25, 0.3) is 0 Å². The number of hydrogen-bond acceptors (Lipinski definition) is 4. The second kappa shape index (κ2) is 19.1. The van der Waals surface area contributed by atoms with Crippen LogP contribution in [0.1, 0.15) is 105 Å². The van der Waals surface area contributed by atoms with Crippen LogP contribution >= 0.6 is 0 Å². The minimum atomic E-state index is -0.293. The Morgan fingerprint density at radius 2 is 0.864 bits per heavy atom. The Bertz CT molecular complexity index is 4130. The highest BCUT2D eigenvalue weighted by Crippen LogP contribution is 2.53. The van der Waals surface area contributed by atoms with Crippen LogP contribution < -0.4 is 25.5 Å². The lowest BCUT2D eigenvalue weighted by Crippen LogP contribution is -2.61. The Kier molecular flexibility index (Phi) is 12.2. The summed E-state index contributed by atoms with van der Waals surface area (Å²) in [5.74, 6) is 0. The van der Waals surface area contributed by atoms with Crippen molar-refractivity contribution in [1.82, 2.24) is 0 Å². The van der Waals surface area contributed by atoms with Crippen LogP contribution in [-0.4, -0.2) is 6.85 Å². The minimum Gasteiger partial charge on any atom is -0.456 e. The van der Waals surface area contributed by atoms with Crippen LogP contribution in [0.15, 0.2) is 223 Å². The molecule has 11 aromatic rings. The molecule has 0 N–H and O–H groups in total. The molecule has 400 valence electrons. The van der Waals surface area contributed by atoms with E-state index in [1.807, 2.05) is 0 Å². The van der Waals surface area contributed by atoms with E-state index in [9.17, 15) is 0 Å². The van der Waals surface area contributed by atoms with E-state index in [0.717, 1.165) is 73.0 Å². The molecule has 1 aromatic heterocycles. The first-order valence-electron chi connectivity index (χ1n) is 28.9. The molecule has 0 saturated carbocycles. The quantitative estimate of drug-likeness (QED) is 0.148. The predicted molar refractivity (Wildman–Crippen MR) is 348 cm³/mol. The normalized spacial score (nSPS) is 13.4. The van der Waals surface area contributed by atoms with Crippen LogP contribution in [0, 0.1) is 0 Å². The molecule has 2 aliphatic heterocycles. The van der Waals surface area contributed by atoms with Gasteiger partial charge in [-0.25, -0.2) is 0 Å². The Morgan fingerprint density at radius 3 is 1.46 bits per heavy atom. The standard InChI is InChI=1S/C76H72BN3O/c1-73(2,3)52-27-34-56(35-28-52)78(57-36-29-53(30-37-57)74(4,5)6)59-40-41-60-63-45-51(49-21-15-13-16-22-49)46-67-71(63)77(80(66(60)48-59)58-38-31-54(32-39-58)75(7,8)9)72-65(43-44-69-70(72)61-25-19-20-26-68(61)81-69)79(67)64-42-33-55(76(10,11)12)47-62(64)50-23-17-14-18-24-50/h13-48H,1-12H3. The number of fused-ring (bicyclic) bond motifs is 8. The van der Waals surface area contributed by atoms with Crippen LogP contribution in [0.5, 0.6) is 0 Å². The zero-order valence-electron chi connectivity index (χ0n) is 49.1. The largest absolute Gasteiger partial charge is 0.456 e. The molecule has 13 rings (SSSR count). The number of para-hydroxylation sites is 1. The van der Waals surface area contributed by atoms with Crippen molar-refractivity contribution in [3.63, 3.8) is 0 Å². The second-order valence-electron chi connectivity index (χ2n) is 26.7. The molecule has 0 aliphatic carbocycles. The van der Waals surface area contributed by atoms with Crippen molar-refractivity contribution in [2.45, 2.75) is 105 Å². The molecule has 10 aromatic carbocycles. The van der Waals surface area contributed by atoms with E-state index in [-0.39, 0.29) is 28.5 Å². The topological polar surface area (TPSA) is 22.9 Å². The third-order valence-electron chi connectivity index (χ3n) is 17.1. The van der Waals surface area contributed by atoms with Gasteiger partial charge in [-0.05, 0) is 168 Å². The smallest absolute Gasteiger partial charge is 0.333 e. The lowest BCUT2D eigenvalue weighted by molar-refractivity contribution is 0.590. The Hall–Kier alpha value is -8.54. The fourth-order valence-electron chi connectivity index (χ4n) is 12.6. The molecule has 0 bridgehead atoms. The molecule has 0 fully saturated rings. The van der Waals surface area contributed by atoms with Gasteiger partial charge in [0.05, 0.1) is 5.69 Å². The number of anilines is 8.